The average molecular weight is 423 g/mol. The van der Waals surface area contributed by atoms with Crippen molar-refractivity contribution in [3.8, 4) is 0 Å². The second kappa shape index (κ2) is 12.4. The zero-order chi connectivity index (χ0) is 21.2. The smallest absolute Gasteiger partial charge is 0.308 e. The van der Waals surface area contributed by atoms with Gasteiger partial charge in [0.15, 0.2) is 0 Å². The third kappa shape index (κ3) is 9.84. The number of aliphatic hydroxyl groups is 1. The third-order valence-electron chi connectivity index (χ3n) is 4.92. The lowest BCUT2D eigenvalue weighted by Crippen LogP contribution is -2.28. The molecule has 164 valence electrons. The van der Waals surface area contributed by atoms with Gasteiger partial charge in [-0.2, -0.15) is 8.42 Å². The predicted molar refractivity (Wildman–Crippen MR) is 103 cm³/mol. The molecular weight excluding hydrogens is 388 g/mol. The van der Waals surface area contributed by atoms with E-state index in [1.807, 2.05) is 6.92 Å². The van der Waals surface area contributed by atoms with Gasteiger partial charge in [-0.25, -0.2) is 0 Å². The highest BCUT2D eigenvalue weighted by atomic mass is 32.2. The molecule has 0 unspecified atom stereocenters. The monoisotopic (exact) mass is 422 g/mol. The first kappa shape index (κ1) is 24.8. The first-order valence-corrected chi connectivity index (χ1v) is 11.9. The Balaban J connectivity index is 0.000000292. The van der Waals surface area contributed by atoms with Gasteiger partial charge in [-0.1, -0.05) is 0 Å². The molecule has 2 saturated carbocycles. The maximum atomic E-state index is 11.4. The lowest BCUT2D eigenvalue weighted by atomic mass is 9.87. The second-order valence-electron chi connectivity index (χ2n) is 7.28. The predicted octanol–water partition coefficient (Wildman–Crippen LogP) is 2.19. The molecule has 0 aliphatic heterocycles. The number of hydrogen-bond donors (Lipinski definition) is 1. The Morgan fingerprint density at radius 2 is 1.21 bits per heavy atom. The molecule has 0 aromatic carbocycles. The summed E-state index contributed by atoms with van der Waals surface area (Å²) in [7, 11) is -3.39. The third-order valence-corrected chi connectivity index (χ3v) is 5.54. The van der Waals surface area contributed by atoms with Crippen LogP contribution in [0.2, 0.25) is 0 Å². The minimum Gasteiger partial charge on any atom is -0.466 e. The van der Waals surface area contributed by atoms with Gasteiger partial charge >= 0.3 is 11.9 Å². The summed E-state index contributed by atoms with van der Waals surface area (Å²) < 4.78 is 36.5. The standard InChI is InChI=1S/C10H18O5S.C9H16O3/c1-3-14-10(11)8-4-6-9(7-5-8)15-16(2,12)13;1-2-12-9(11)7-3-5-8(10)6-4-7/h8-9H,3-7H2,1-2H3;7-8,10H,2-6H2,1H3. The summed E-state index contributed by atoms with van der Waals surface area (Å²) in [5.74, 6) is -0.336. The number of carbonyl (C=O) groups excluding carboxylic acids is 2. The molecule has 2 aliphatic carbocycles. The molecule has 0 radical (unpaired) electrons. The number of hydrogen-bond acceptors (Lipinski definition) is 8. The quantitative estimate of drug-likeness (QED) is 0.511. The molecule has 0 heterocycles. The molecule has 2 rings (SSSR count). The van der Waals surface area contributed by atoms with Crippen LogP contribution in [0.1, 0.15) is 65.2 Å². The molecule has 0 aromatic rings. The largest absolute Gasteiger partial charge is 0.466 e. The van der Waals surface area contributed by atoms with Gasteiger partial charge in [0.1, 0.15) is 0 Å². The molecule has 0 bridgehead atoms. The van der Waals surface area contributed by atoms with Crippen LogP contribution in [0.4, 0.5) is 0 Å². The maximum Gasteiger partial charge on any atom is 0.308 e. The molecule has 28 heavy (non-hydrogen) atoms. The van der Waals surface area contributed by atoms with Gasteiger partial charge in [0.25, 0.3) is 10.1 Å². The Kier molecular flexibility index (Phi) is 11.0. The van der Waals surface area contributed by atoms with Gasteiger partial charge in [-0.3, -0.25) is 13.8 Å². The Bertz CT molecular complexity index is 573. The normalized spacial score (nSPS) is 27.9. The highest BCUT2D eigenvalue weighted by Crippen LogP contribution is 2.28. The van der Waals surface area contributed by atoms with Gasteiger partial charge in [0.05, 0.1) is 43.5 Å². The molecule has 2 fully saturated rings. The molecule has 9 heteroatoms. The average Bonchev–Trinajstić information content (AvgIpc) is 2.62. The van der Waals surface area contributed by atoms with Crippen LogP contribution in [-0.4, -0.2) is 57.1 Å². The van der Waals surface area contributed by atoms with Crippen LogP contribution in [0.25, 0.3) is 0 Å². The van der Waals surface area contributed by atoms with Crippen molar-refractivity contribution in [3.63, 3.8) is 0 Å². The fourth-order valence-electron chi connectivity index (χ4n) is 3.47. The maximum absolute atomic E-state index is 11.4. The van der Waals surface area contributed by atoms with Crippen molar-refractivity contribution in [2.75, 3.05) is 19.5 Å². The van der Waals surface area contributed by atoms with Crippen molar-refractivity contribution < 1.29 is 36.8 Å². The van der Waals surface area contributed by atoms with Crippen molar-refractivity contribution >= 4 is 22.1 Å². The molecular formula is C19H34O8S. The zero-order valence-corrected chi connectivity index (χ0v) is 17.9. The number of esters is 2. The number of carbonyl (C=O) groups is 2. The molecule has 1 N–H and O–H groups in total. The summed E-state index contributed by atoms with van der Waals surface area (Å²) in [6.45, 7) is 4.43. The van der Waals surface area contributed by atoms with Gasteiger partial charge < -0.3 is 14.6 Å². The van der Waals surface area contributed by atoms with Crippen LogP contribution in [0.3, 0.4) is 0 Å². The highest BCUT2D eigenvalue weighted by molar-refractivity contribution is 7.86. The Hall–Kier alpha value is -1.19. The van der Waals surface area contributed by atoms with Crippen LogP contribution >= 0.6 is 0 Å². The number of aliphatic hydroxyl groups excluding tert-OH is 1. The summed E-state index contributed by atoms with van der Waals surface area (Å²) in [5.41, 5.74) is 0. The van der Waals surface area contributed by atoms with E-state index in [4.69, 9.17) is 13.7 Å². The molecule has 0 spiro atoms. The van der Waals surface area contributed by atoms with E-state index in [2.05, 4.69) is 0 Å². The van der Waals surface area contributed by atoms with E-state index in [-0.39, 0.29) is 36.0 Å². The summed E-state index contributed by atoms with van der Waals surface area (Å²) in [4.78, 5) is 22.6. The van der Waals surface area contributed by atoms with E-state index in [1.165, 1.54) is 0 Å². The first-order chi connectivity index (χ1) is 13.2. The molecule has 2 aliphatic rings. The summed E-state index contributed by atoms with van der Waals surface area (Å²) >= 11 is 0. The minimum atomic E-state index is -3.39. The Morgan fingerprint density at radius 1 is 0.821 bits per heavy atom. The van der Waals surface area contributed by atoms with Crippen LogP contribution in [0.5, 0.6) is 0 Å². The summed E-state index contributed by atoms with van der Waals surface area (Å²) in [6.07, 6.45) is 6.07. The van der Waals surface area contributed by atoms with E-state index in [0.717, 1.165) is 31.9 Å². The van der Waals surface area contributed by atoms with Gasteiger partial charge in [-0.15, -0.1) is 0 Å². The lowest BCUT2D eigenvalue weighted by Gasteiger charge is -2.26. The molecule has 0 saturated heterocycles. The van der Waals surface area contributed by atoms with E-state index in [1.54, 1.807) is 6.92 Å². The van der Waals surface area contributed by atoms with Crippen molar-refractivity contribution in [3.05, 3.63) is 0 Å². The lowest BCUT2D eigenvalue weighted by molar-refractivity contribution is -0.150. The van der Waals surface area contributed by atoms with Gasteiger partial charge in [-0.05, 0) is 65.2 Å². The summed E-state index contributed by atoms with van der Waals surface area (Å²) in [5, 5.41) is 9.19. The van der Waals surface area contributed by atoms with Crippen LogP contribution in [0, 0.1) is 11.8 Å². The fraction of sp³-hybridized carbons (Fsp3) is 0.895. The SMILES string of the molecule is CCOC(=O)C1CCC(O)CC1.CCOC(=O)C1CCC(OS(C)(=O)=O)CC1. The van der Waals surface area contributed by atoms with Gasteiger partial charge in [0.2, 0.25) is 0 Å². The van der Waals surface area contributed by atoms with E-state index < -0.39 is 10.1 Å². The van der Waals surface area contributed by atoms with Gasteiger partial charge in [0, 0.05) is 0 Å². The highest BCUT2D eigenvalue weighted by Gasteiger charge is 2.29. The molecule has 8 nitrogen and oxygen atoms in total. The van der Waals surface area contributed by atoms with Crippen molar-refractivity contribution in [2.45, 2.75) is 77.4 Å². The van der Waals surface area contributed by atoms with Crippen LogP contribution in [-0.2, 0) is 33.4 Å². The van der Waals surface area contributed by atoms with E-state index >= 15 is 0 Å². The number of rotatable bonds is 6. The Labute approximate surface area is 168 Å². The van der Waals surface area contributed by atoms with Crippen molar-refractivity contribution in [2.24, 2.45) is 11.8 Å². The van der Waals surface area contributed by atoms with Crippen LogP contribution in [0.15, 0.2) is 0 Å². The minimum absolute atomic E-state index is 0.0355. The van der Waals surface area contributed by atoms with Crippen molar-refractivity contribution in [1.29, 1.82) is 0 Å². The zero-order valence-electron chi connectivity index (χ0n) is 17.1. The Morgan fingerprint density at radius 3 is 1.57 bits per heavy atom. The van der Waals surface area contributed by atoms with Crippen molar-refractivity contribution in [1.82, 2.24) is 0 Å². The molecule has 0 amide bonds. The molecule has 0 atom stereocenters. The fourth-order valence-corrected chi connectivity index (χ4v) is 4.16. The first-order valence-electron chi connectivity index (χ1n) is 10.1. The topological polar surface area (TPSA) is 116 Å². The molecule has 0 aromatic heterocycles. The van der Waals surface area contributed by atoms with E-state index in [0.29, 0.717) is 38.9 Å². The van der Waals surface area contributed by atoms with Crippen LogP contribution < -0.4 is 0 Å². The second-order valence-corrected chi connectivity index (χ2v) is 8.88. The number of ether oxygens (including phenoxy) is 2. The van der Waals surface area contributed by atoms with E-state index in [9.17, 15) is 23.1 Å². The summed E-state index contributed by atoms with van der Waals surface area (Å²) in [6, 6.07) is 0.